The third-order valence-corrected chi connectivity index (χ3v) is 5.85. The Hall–Kier alpha value is -3.50. The Morgan fingerprint density at radius 2 is 1.94 bits per heavy atom. The Morgan fingerprint density at radius 3 is 2.61 bits per heavy atom. The first kappa shape index (κ1) is 27.1. The molecule has 0 spiro atoms. The van der Waals surface area contributed by atoms with Crippen molar-refractivity contribution in [3.8, 4) is 5.75 Å². The Kier molecular flexibility index (Phi) is 8.65. The average Bonchev–Trinajstić information content (AvgIpc) is 2.80. The fourth-order valence-electron chi connectivity index (χ4n) is 3.46. The van der Waals surface area contributed by atoms with Crippen molar-refractivity contribution in [3.05, 3.63) is 57.6 Å². The molecule has 2 aromatic carbocycles. The number of guanidine groups is 1. The Labute approximate surface area is 218 Å². The van der Waals surface area contributed by atoms with Gasteiger partial charge in [-0.05, 0) is 30.3 Å². The highest BCUT2D eigenvalue weighted by Gasteiger charge is 2.24. The lowest BCUT2D eigenvalue weighted by molar-refractivity contribution is -0.137. The van der Waals surface area contributed by atoms with Crippen LogP contribution in [0, 0.1) is 5.41 Å². The number of hydrogen-bond acceptors (Lipinski definition) is 7. The van der Waals surface area contributed by atoms with Crippen LogP contribution in [-0.4, -0.2) is 53.6 Å². The first-order chi connectivity index (χ1) is 16.9. The highest BCUT2D eigenvalue weighted by Crippen LogP contribution is 2.36. The molecule has 1 unspecified atom stereocenters. The first-order valence-electron chi connectivity index (χ1n) is 11.1. The van der Waals surface area contributed by atoms with E-state index in [1.807, 2.05) is 0 Å². The third-order valence-electron chi connectivity index (χ3n) is 5.34. The monoisotopic (exact) mass is 535 g/mol. The fourth-order valence-corrected chi connectivity index (χ4v) is 3.97. The van der Waals surface area contributed by atoms with Crippen LogP contribution in [0.1, 0.15) is 42.2 Å². The summed E-state index contributed by atoms with van der Waals surface area (Å²) in [6, 6.07) is 8.19. The van der Waals surface area contributed by atoms with Crippen LogP contribution < -0.4 is 21.3 Å². The number of carboxylic acids is 1. The number of benzene rings is 2. The number of phenols is 1. The molecule has 1 atom stereocenters. The zero-order valence-electron chi connectivity index (χ0n) is 19.7. The van der Waals surface area contributed by atoms with E-state index < -0.39 is 36.8 Å². The molecule has 0 fully saturated rings. The number of anilines is 1. The molecule has 1 aliphatic rings. The highest BCUT2D eigenvalue weighted by atomic mass is 35.5. The number of nitrogens with one attached hydrogen (secondary N) is 4. The average molecular weight is 536 g/mol. The number of amides is 2. The van der Waals surface area contributed by atoms with Crippen LogP contribution in [0.2, 0.25) is 10.0 Å². The third kappa shape index (κ3) is 7.50. The number of rotatable bonds is 8. The molecular formula is C24H27Cl2N5O5. The molecule has 192 valence electrons. The number of carbonyl (C=O) groups is 3. The quantitative estimate of drug-likeness (QED) is 0.303. The predicted octanol–water partition coefficient (Wildman–Crippen LogP) is 3.16. The van der Waals surface area contributed by atoms with Gasteiger partial charge in [0, 0.05) is 40.3 Å². The molecule has 0 aliphatic carbocycles. The number of phenolic OH excluding ortho intramolecular Hbond substituents is 1. The van der Waals surface area contributed by atoms with E-state index in [0.29, 0.717) is 23.8 Å². The molecule has 36 heavy (non-hydrogen) atoms. The molecule has 0 aromatic heterocycles. The fraction of sp³-hybridized carbons (Fsp3) is 0.333. The summed E-state index contributed by atoms with van der Waals surface area (Å²) in [6.07, 6.45) is -0.535. The van der Waals surface area contributed by atoms with Crippen molar-refractivity contribution >= 4 is 52.6 Å². The van der Waals surface area contributed by atoms with E-state index in [4.69, 9.17) is 23.2 Å². The summed E-state index contributed by atoms with van der Waals surface area (Å²) < 4.78 is 0. The van der Waals surface area contributed by atoms with E-state index in [9.17, 15) is 24.6 Å². The van der Waals surface area contributed by atoms with Crippen LogP contribution >= 0.6 is 23.2 Å². The van der Waals surface area contributed by atoms with Gasteiger partial charge in [0.2, 0.25) is 5.91 Å². The Morgan fingerprint density at radius 1 is 1.19 bits per heavy atom. The molecule has 3 rings (SSSR count). The van der Waals surface area contributed by atoms with Crippen LogP contribution in [0.4, 0.5) is 5.69 Å². The molecule has 10 nitrogen and oxygen atoms in total. The van der Waals surface area contributed by atoms with Gasteiger partial charge < -0.3 is 31.5 Å². The lowest BCUT2D eigenvalue weighted by atomic mass is 9.93. The molecule has 0 saturated heterocycles. The van der Waals surface area contributed by atoms with Gasteiger partial charge in [-0.15, -0.1) is 0 Å². The van der Waals surface area contributed by atoms with Crippen molar-refractivity contribution in [2.75, 3.05) is 25.0 Å². The minimum atomic E-state index is -1.22. The SMILES string of the molecule is CC1(C)CN=C(Nc2cccc(C(=O)NCC(=O)NC(CC(=O)O)c3cc(Cl)cc(Cl)c3O)c2)NC1. The maximum atomic E-state index is 12.6. The number of nitrogens with zero attached hydrogens (tertiary/aromatic N) is 1. The molecule has 2 aromatic rings. The van der Waals surface area contributed by atoms with Crippen molar-refractivity contribution < 1.29 is 24.6 Å². The smallest absolute Gasteiger partial charge is 0.305 e. The van der Waals surface area contributed by atoms with Crippen molar-refractivity contribution in [3.63, 3.8) is 0 Å². The lowest BCUT2D eigenvalue weighted by Crippen LogP contribution is -2.44. The second-order valence-corrected chi connectivity index (χ2v) is 9.96. The van der Waals surface area contributed by atoms with Crippen molar-refractivity contribution in [1.82, 2.24) is 16.0 Å². The number of aliphatic carboxylic acids is 1. The summed E-state index contributed by atoms with van der Waals surface area (Å²) in [5.41, 5.74) is 1.07. The molecule has 1 heterocycles. The van der Waals surface area contributed by atoms with E-state index in [1.54, 1.807) is 24.3 Å². The van der Waals surface area contributed by atoms with Gasteiger partial charge in [-0.2, -0.15) is 0 Å². The summed E-state index contributed by atoms with van der Waals surface area (Å²) in [4.78, 5) is 40.9. The minimum absolute atomic E-state index is 0.0518. The second kappa shape index (κ2) is 11.5. The van der Waals surface area contributed by atoms with E-state index in [-0.39, 0.29) is 26.8 Å². The van der Waals surface area contributed by atoms with Crippen molar-refractivity contribution in [2.24, 2.45) is 10.4 Å². The van der Waals surface area contributed by atoms with Crippen molar-refractivity contribution in [2.45, 2.75) is 26.3 Å². The Bertz CT molecular complexity index is 1200. The summed E-state index contributed by atoms with van der Waals surface area (Å²) in [7, 11) is 0. The first-order valence-corrected chi connectivity index (χ1v) is 11.8. The standard InChI is InChI=1S/C24H27Cl2N5O5/c1-24(2)11-28-23(29-12-24)30-15-5-3-4-13(6-15)22(36)27-10-19(32)31-18(9-20(33)34)16-7-14(25)8-17(26)21(16)35/h3-8,18,35H,9-12H2,1-2H3,(H,27,36)(H,31,32)(H,33,34)(H2,28,29,30). The van der Waals surface area contributed by atoms with Gasteiger partial charge in [0.25, 0.3) is 5.91 Å². The van der Waals surface area contributed by atoms with E-state index >= 15 is 0 Å². The highest BCUT2D eigenvalue weighted by molar-refractivity contribution is 6.35. The van der Waals surface area contributed by atoms with Gasteiger partial charge in [0.15, 0.2) is 5.96 Å². The Balaban J connectivity index is 1.62. The normalized spacial score (nSPS) is 15.2. The van der Waals surface area contributed by atoms with E-state index in [2.05, 4.69) is 40.1 Å². The van der Waals surface area contributed by atoms with Crippen molar-refractivity contribution in [1.29, 1.82) is 0 Å². The maximum absolute atomic E-state index is 12.6. The number of aliphatic imine (C=N–C) groups is 1. The van der Waals surface area contributed by atoms with Crippen LogP contribution in [0.25, 0.3) is 0 Å². The van der Waals surface area contributed by atoms with Crippen LogP contribution in [-0.2, 0) is 9.59 Å². The van der Waals surface area contributed by atoms with E-state index in [1.165, 1.54) is 12.1 Å². The van der Waals surface area contributed by atoms with Gasteiger partial charge in [-0.3, -0.25) is 19.4 Å². The maximum Gasteiger partial charge on any atom is 0.305 e. The summed E-state index contributed by atoms with van der Waals surface area (Å²) in [5, 5.41) is 30.9. The molecule has 6 N–H and O–H groups in total. The molecule has 2 amide bonds. The molecule has 0 radical (unpaired) electrons. The molecular weight excluding hydrogens is 509 g/mol. The molecule has 0 saturated carbocycles. The van der Waals surface area contributed by atoms with Crippen LogP contribution in [0.5, 0.6) is 5.75 Å². The number of hydrogen-bond donors (Lipinski definition) is 6. The van der Waals surface area contributed by atoms with Gasteiger partial charge in [0.05, 0.1) is 24.0 Å². The van der Waals surface area contributed by atoms with Gasteiger partial charge >= 0.3 is 5.97 Å². The predicted molar refractivity (Wildman–Crippen MR) is 138 cm³/mol. The van der Waals surface area contributed by atoms with Gasteiger partial charge in [-0.25, -0.2) is 0 Å². The zero-order valence-corrected chi connectivity index (χ0v) is 21.2. The second-order valence-electron chi connectivity index (χ2n) is 9.11. The largest absolute Gasteiger partial charge is 0.506 e. The summed E-state index contributed by atoms with van der Waals surface area (Å²) in [6.45, 7) is 5.22. The molecule has 1 aliphatic heterocycles. The number of halogens is 2. The van der Waals surface area contributed by atoms with Crippen LogP contribution in [0.15, 0.2) is 41.4 Å². The summed E-state index contributed by atoms with van der Waals surface area (Å²) >= 11 is 11.9. The minimum Gasteiger partial charge on any atom is -0.506 e. The lowest BCUT2D eigenvalue weighted by Gasteiger charge is -2.29. The number of carboxylic acid groups (broad SMARTS) is 1. The molecule has 12 heteroatoms. The summed E-state index contributed by atoms with van der Waals surface area (Å²) in [5.74, 6) is -2.16. The van der Waals surface area contributed by atoms with Gasteiger partial charge in [-0.1, -0.05) is 43.1 Å². The number of aromatic hydroxyl groups is 1. The van der Waals surface area contributed by atoms with Crippen LogP contribution in [0.3, 0.4) is 0 Å². The van der Waals surface area contributed by atoms with E-state index in [0.717, 1.165) is 6.54 Å². The topological polar surface area (TPSA) is 152 Å². The number of carbonyl (C=O) groups excluding carboxylic acids is 2. The zero-order chi connectivity index (χ0) is 26.5. The van der Waals surface area contributed by atoms with Gasteiger partial charge in [0.1, 0.15) is 5.75 Å². The molecule has 0 bridgehead atoms.